The van der Waals surface area contributed by atoms with Gasteiger partial charge in [0.1, 0.15) is 11.5 Å². The molecule has 4 heteroatoms. The lowest BCUT2D eigenvalue weighted by molar-refractivity contribution is 0.304. The van der Waals surface area contributed by atoms with Crippen LogP contribution < -0.4 is 9.47 Å². The SMILES string of the molecule is CCCCCCCCCCCCOc1ccc(C#Cc2cc(C#Cc3ccc(OCCCCCCCCCCCC)cc3)c(Br)cc2Br)cc1. The van der Waals surface area contributed by atoms with Crippen LogP contribution in [0.4, 0.5) is 0 Å². The fourth-order valence-electron chi connectivity index (χ4n) is 5.85. The molecule has 0 aliphatic rings. The first-order chi connectivity index (χ1) is 24.6. The number of benzene rings is 3. The average Bonchev–Trinajstić information content (AvgIpc) is 3.13. The van der Waals surface area contributed by atoms with Crippen LogP contribution >= 0.6 is 31.9 Å². The van der Waals surface area contributed by atoms with Crippen molar-refractivity contribution in [3.05, 3.63) is 91.9 Å². The van der Waals surface area contributed by atoms with Gasteiger partial charge in [0.15, 0.2) is 0 Å². The van der Waals surface area contributed by atoms with Crippen molar-refractivity contribution in [3.63, 3.8) is 0 Å². The Morgan fingerprint density at radius 1 is 0.400 bits per heavy atom. The highest BCUT2D eigenvalue weighted by atomic mass is 79.9. The molecule has 3 rings (SSSR count). The molecule has 270 valence electrons. The molecule has 0 saturated carbocycles. The molecule has 3 aromatic rings. The maximum atomic E-state index is 5.98. The van der Waals surface area contributed by atoms with Gasteiger partial charge in [-0.15, -0.1) is 0 Å². The largest absolute Gasteiger partial charge is 0.494 e. The highest BCUT2D eigenvalue weighted by Gasteiger charge is 2.04. The van der Waals surface area contributed by atoms with E-state index < -0.39 is 0 Å². The first-order valence-electron chi connectivity index (χ1n) is 19.6. The molecule has 0 N–H and O–H groups in total. The summed E-state index contributed by atoms with van der Waals surface area (Å²) in [6, 6.07) is 20.2. The molecule has 0 heterocycles. The third-order valence-corrected chi connectivity index (χ3v) is 10.3. The maximum Gasteiger partial charge on any atom is 0.119 e. The topological polar surface area (TPSA) is 18.5 Å². The summed E-state index contributed by atoms with van der Waals surface area (Å²) in [4.78, 5) is 0. The van der Waals surface area contributed by atoms with Crippen molar-refractivity contribution < 1.29 is 9.47 Å². The molecular formula is C46H60Br2O2. The van der Waals surface area contributed by atoms with E-state index in [1.807, 2.05) is 60.7 Å². The van der Waals surface area contributed by atoms with E-state index in [2.05, 4.69) is 69.4 Å². The van der Waals surface area contributed by atoms with Crippen molar-refractivity contribution >= 4 is 31.9 Å². The Hall–Kier alpha value is -2.66. The molecule has 0 aliphatic carbocycles. The number of unbranched alkanes of at least 4 members (excludes halogenated alkanes) is 18. The highest BCUT2D eigenvalue weighted by Crippen LogP contribution is 2.26. The minimum Gasteiger partial charge on any atom is -0.494 e. The molecule has 2 nitrogen and oxygen atoms in total. The van der Waals surface area contributed by atoms with Crippen LogP contribution in [0.5, 0.6) is 11.5 Å². The maximum absolute atomic E-state index is 5.98. The molecule has 0 atom stereocenters. The number of hydrogen-bond donors (Lipinski definition) is 0. The predicted molar refractivity (Wildman–Crippen MR) is 221 cm³/mol. The van der Waals surface area contributed by atoms with Gasteiger partial charge in [-0.25, -0.2) is 0 Å². The van der Waals surface area contributed by atoms with Crippen LogP contribution in [0.1, 0.15) is 165 Å². The van der Waals surface area contributed by atoms with Crippen molar-refractivity contribution in [2.45, 2.75) is 142 Å². The van der Waals surface area contributed by atoms with Crippen LogP contribution in [0.3, 0.4) is 0 Å². The molecule has 3 aromatic carbocycles. The third kappa shape index (κ3) is 18.5. The quantitative estimate of drug-likeness (QED) is 0.0663. The summed E-state index contributed by atoms with van der Waals surface area (Å²) in [7, 11) is 0. The molecule has 0 spiro atoms. The molecule has 0 saturated heterocycles. The van der Waals surface area contributed by atoms with Gasteiger partial charge in [-0.05, 0) is 105 Å². The Morgan fingerprint density at radius 2 is 0.720 bits per heavy atom. The van der Waals surface area contributed by atoms with Crippen molar-refractivity contribution in [2.24, 2.45) is 0 Å². The van der Waals surface area contributed by atoms with Gasteiger partial charge in [0.05, 0.1) is 13.2 Å². The second-order valence-electron chi connectivity index (χ2n) is 13.4. The lowest BCUT2D eigenvalue weighted by Crippen LogP contribution is -1.97. The second-order valence-corrected chi connectivity index (χ2v) is 15.1. The number of rotatable bonds is 24. The molecule has 0 aliphatic heterocycles. The monoisotopic (exact) mass is 802 g/mol. The summed E-state index contributed by atoms with van der Waals surface area (Å²) in [5, 5.41) is 0. The van der Waals surface area contributed by atoms with Gasteiger partial charge in [0, 0.05) is 31.2 Å². The van der Waals surface area contributed by atoms with Crippen molar-refractivity contribution in [2.75, 3.05) is 13.2 Å². The fraction of sp³-hybridized carbons (Fsp3) is 0.522. The summed E-state index contributed by atoms with van der Waals surface area (Å²) in [6.07, 6.45) is 26.6. The zero-order chi connectivity index (χ0) is 35.5. The predicted octanol–water partition coefficient (Wildman–Crippen LogP) is 14.6. The summed E-state index contributed by atoms with van der Waals surface area (Å²) < 4.78 is 13.8. The Morgan fingerprint density at radius 3 is 1.06 bits per heavy atom. The van der Waals surface area contributed by atoms with Crippen LogP contribution in [0.15, 0.2) is 69.6 Å². The summed E-state index contributed by atoms with van der Waals surface area (Å²) >= 11 is 7.35. The van der Waals surface area contributed by atoms with E-state index >= 15 is 0 Å². The Kier molecular flexibility index (Phi) is 22.6. The van der Waals surface area contributed by atoms with E-state index in [9.17, 15) is 0 Å². The lowest BCUT2D eigenvalue weighted by Gasteiger charge is -2.06. The zero-order valence-electron chi connectivity index (χ0n) is 30.9. The van der Waals surface area contributed by atoms with Gasteiger partial charge >= 0.3 is 0 Å². The van der Waals surface area contributed by atoms with Crippen molar-refractivity contribution in [3.8, 4) is 35.2 Å². The smallest absolute Gasteiger partial charge is 0.119 e. The highest BCUT2D eigenvalue weighted by molar-refractivity contribution is 9.11. The second kappa shape index (κ2) is 27.1. The van der Waals surface area contributed by atoms with Crippen molar-refractivity contribution in [1.29, 1.82) is 0 Å². The van der Waals surface area contributed by atoms with Gasteiger partial charge in [0.25, 0.3) is 0 Å². The van der Waals surface area contributed by atoms with E-state index in [4.69, 9.17) is 9.47 Å². The minimum absolute atomic E-state index is 0.772. The van der Waals surface area contributed by atoms with Gasteiger partial charge < -0.3 is 9.47 Å². The van der Waals surface area contributed by atoms with E-state index in [1.54, 1.807) is 0 Å². The summed E-state index contributed by atoms with van der Waals surface area (Å²) in [5.41, 5.74) is 3.70. The van der Waals surface area contributed by atoms with Crippen molar-refractivity contribution in [1.82, 2.24) is 0 Å². The molecule has 0 aromatic heterocycles. The van der Waals surface area contributed by atoms with E-state index in [0.717, 1.165) is 68.8 Å². The van der Waals surface area contributed by atoms with Gasteiger partial charge in [-0.3, -0.25) is 0 Å². The standard InChI is InChI=1S/C46H60Br2O2/c1-3-5-7-9-11-13-15-17-19-21-35-49-43-31-25-39(26-32-43)23-29-41-37-42(46(48)38-45(41)47)30-24-40-27-33-44(34-28-40)50-36-22-20-18-16-14-12-10-8-6-4-2/h25-28,31-34,37-38H,3-22,35-36H2,1-2H3. The third-order valence-electron chi connectivity index (χ3n) is 8.98. The number of halogens is 2. The molecule has 0 bridgehead atoms. The van der Waals surface area contributed by atoms with Crippen LogP contribution in [-0.4, -0.2) is 13.2 Å². The molecular weight excluding hydrogens is 744 g/mol. The molecule has 0 fully saturated rings. The molecule has 0 amide bonds. The van der Waals surface area contributed by atoms with Gasteiger partial charge in [0.2, 0.25) is 0 Å². The fourth-order valence-corrected chi connectivity index (χ4v) is 7.04. The van der Waals surface area contributed by atoms with Crippen LogP contribution in [-0.2, 0) is 0 Å². The van der Waals surface area contributed by atoms with E-state index in [1.165, 1.54) is 116 Å². The normalized spacial score (nSPS) is 10.6. The lowest BCUT2D eigenvalue weighted by atomic mass is 10.1. The van der Waals surface area contributed by atoms with Crippen LogP contribution in [0.25, 0.3) is 0 Å². The summed E-state index contributed by atoms with van der Waals surface area (Å²) in [5.74, 6) is 15.0. The molecule has 0 unspecified atom stereocenters. The van der Waals surface area contributed by atoms with E-state index in [-0.39, 0.29) is 0 Å². The van der Waals surface area contributed by atoms with E-state index in [0.29, 0.717) is 0 Å². The van der Waals surface area contributed by atoms with Crippen LogP contribution in [0.2, 0.25) is 0 Å². The Balaban J connectivity index is 1.38. The molecule has 0 radical (unpaired) electrons. The first-order valence-corrected chi connectivity index (χ1v) is 21.2. The van der Waals surface area contributed by atoms with Gasteiger partial charge in [-0.1, -0.05) is 153 Å². The number of hydrogen-bond acceptors (Lipinski definition) is 2. The zero-order valence-corrected chi connectivity index (χ0v) is 34.1. The average molecular weight is 805 g/mol. The Bertz CT molecular complexity index is 1350. The van der Waals surface area contributed by atoms with Gasteiger partial charge in [-0.2, -0.15) is 0 Å². The first kappa shape index (κ1) is 41.8. The minimum atomic E-state index is 0.772. The Labute approximate surface area is 322 Å². The van der Waals surface area contributed by atoms with Crippen LogP contribution in [0, 0.1) is 23.7 Å². The number of ether oxygens (including phenoxy) is 2. The molecule has 50 heavy (non-hydrogen) atoms. The summed E-state index contributed by atoms with van der Waals surface area (Å²) in [6.45, 7) is 6.10.